The lowest BCUT2D eigenvalue weighted by Gasteiger charge is -2.14. The molecule has 0 aliphatic carbocycles. The van der Waals surface area contributed by atoms with E-state index in [4.69, 9.17) is 4.74 Å². The van der Waals surface area contributed by atoms with Gasteiger partial charge in [0.2, 0.25) is 6.23 Å². The highest BCUT2D eigenvalue weighted by Gasteiger charge is 2.41. The number of aromatic nitrogens is 2. The molecular formula is C9H9FN2O4. The number of aliphatic hydroxyl groups is 1. The van der Waals surface area contributed by atoms with Crippen LogP contribution in [0.1, 0.15) is 6.23 Å². The third-order valence-electron chi connectivity index (χ3n) is 2.30. The molecule has 0 radical (unpaired) electrons. The highest BCUT2D eigenvalue weighted by atomic mass is 19.1. The Hall–Kier alpha value is -1.89. The summed E-state index contributed by atoms with van der Waals surface area (Å²) in [5, 5.41) is 9.26. The van der Waals surface area contributed by atoms with E-state index < -0.39 is 29.8 Å². The fraction of sp³-hybridized carbons (Fsp3) is 0.333. The topological polar surface area (TPSA) is 84.3 Å². The van der Waals surface area contributed by atoms with Gasteiger partial charge in [-0.1, -0.05) is 6.58 Å². The normalized spacial score (nSPS) is 29.1. The van der Waals surface area contributed by atoms with Gasteiger partial charge in [-0.25, -0.2) is 9.18 Å². The zero-order valence-electron chi connectivity index (χ0n) is 8.09. The Balaban J connectivity index is 2.43. The van der Waals surface area contributed by atoms with Crippen LogP contribution >= 0.6 is 0 Å². The van der Waals surface area contributed by atoms with Crippen molar-refractivity contribution in [3.8, 4) is 0 Å². The van der Waals surface area contributed by atoms with Crippen molar-refractivity contribution in [2.45, 2.75) is 18.5 Å². The molecule has 1 aromatic rings. The highest BCUT2D eigenvalue weighted by molar-refractivity contribution is 5.05. The average Bonchev–Trinajstić information content (AvgIpc) is 2.46. The molecule has 7 heteroatoms. The van der Waals surface area contributed by atoms with Crippen LogP contribution in [0.5, 0.6) is 0 Å². The van der Waals surface area contributed by atoms with Crippen molar-refractivity contribution < 1.29 is 14.2 Å². The maximum Gasteiger partial charge on any atom is 0.331 e. The summed E-state index contributed by atoms with van der Waals surface area (Å²) in [7, 11) is 0. The minimum Gasteiger partial charge on any atom is -0.469 e. The average molecular weight is 228 g/mol. The van der Waals surface area contributed by atoms with E-state index >= 15 is 0 Å². The van der Waals surface area contributed by atoms with Gasteiger partial charge >= 0.3 is 5.69 Å². The maximum absolute atomic E-state index is 13.5. The Bertz CT molecular complexity index is 535. The van der Waals surface area contributed by atoms with Gasteiger partial charge in [0.1, 0.15) is 11.9 Å². The van der Waals surface area contributed by atoms with Gasteiger partial charge in [0.15, 0.2) is 6.17 Å². The standard InChI is InChI=1S/C9H9FN2O4/c1-4-7(14)6(10)8(16-4)12-3-2-5(13)11-9(12)15/h2-3,6-8,14H,1H2,(H,11,13,15)/t6?,7-,8+/m0/s1. The lowest BCUT2D eigenvalue weighted by molar-refractivity contribution is 0.0341. The van der Waals surface area contributed by atoms with E-state index in [-0.39, 0.29) is 5.76 Å². The summed E-state index contributed by atoms with van der Waals surface area (Å²) < 4.78 is 19.3. The van der Waals surface area contributed by atoms with Crippen LogP contribution in [0, 0.1) is 0 Å². The van der Waals surface area contributed by atoms with Crippen molar-refractivity contribution in [3.63, 3.8) is 0 Å². The Morgan fingerprint density at radius 2 is 2.25 bits per heavy atom. The molecule has 1 aliphatic heterocycles. The number of hydrogen-bond donors (Lipinski definition) is 2. The number of aliphatic hydroxyl groups excluding tert-OH is 1. The SMILES string of the molecule is C=C1O[C@@H](n2ccc(=O)[nH]c2=O)C(F)[C@H]1O. The van der Waals surface area contributed by atoms with Crippen molar-refractivity contribution in [1.82, 2.24) is 9.55 Å². The third-order valence-corrected chi connectivity index (χ3v) is 2.30. The number of hydrogen-bond acceptors (Lipinski definition) is 4. The van der Waals surface area contributed by atoms with E-state index in [0.29, 0.717) is 0 Å². The largest absolute Gasteiger partial charge is 0.469 e. The molecule has 2 rings (SSSR count). The Kier molecular flexibility index (Phi) is 2.39. The first-order chi connectivity index (χ1) is 7.50. The van der Waals surface area contributed by atoms with Crippen LogP contribution in [0.2, 0.25) is 0 Å². The first-order valence-electron chi connectivity index (χ1n) is 4.50. The fourth-order valence-electron chi connectivity index (χ4n) is 1.46. The van der Waals surface area contributed by atoms with Gasteiger partial charge in [0.25, 0.3) is 5.56 Å². The molecule has 16 heavy (non-hydrogen) atoms. The Labute approximate surface area is 88.6 Å². The van der Waals surface area contributed by atoms with Crippen molar-refractivity contribution in [2.24, 2.45) is 0 Å². The molecule has 1 aromatic heterocycles. The molecule has 1 unspecified atom stereocenters. The minimum atomic E-state index is -1.80. The van der Waals surface area contributed by atoms with E-state index in [2.05, 4.69) is 6.58 Å². The summed E-state index contributed by atoms with van der Waals surface area (Å²) in [4.78, 5) is 24.1. The maximum atomic E-state index is 13.5. The lowest BCUT2D eigenvalue weighted by Crippen LogP contribution is -2.35. The fourth-order valence-corrected chi connectivity index (χ4v) is 1.46. The van der Waals surface area contributed by atoms with Crippen LogP contribution in [0.4, 0.5) is 4.39 Å². The third kappa shape index (κ3) is 1.54. The smallest absolute Gasteiger partial charge is 0.331 e. The van der Waals surface area contributed by atoms with Gasteiger partial charge in [0.05, 0.1) is 0 Å². The molecule has 2 N–H and O–H groups in total. The van der Waals surface area contributed by atoms with Crippen LogP contribution in [-0.2, 0) is 4.74 Å². The van der Waals surface area contributed by atoms with E-state index in [1.165, 1.54) is 0 Å². The number of H-pyrrole nitrogens is 1. The molecule has 0 aromatic carbocycles. The van der Waals surface area contributed by atoms with E-state index in [9.17, 15) is 19.1 Å². The van der Waals surface area contributed by atoms with Gasteiger partial charge < -0.3 is 9.84 Å². The van der Waals surface area contributed by atoms with Crippen LogP contribution in [0.25, 0.3) is 0 Å². The number of rotatable bonds is 1. The van der Waals surface area contributed by atoms with Crippen molar-refractivity contribution in [3.05, 3.63) is 45.4 Å². The summed E-state index contributed by atoms with van der Waals surface area (Å²) in [6.45, 7) is 3.31. The summed E-state index contributed by atoms with van der Waals surface area (Å²) in [6.07, 6.45) is -3.46. The molecular weight excluding hydrogens is 219 g/mol. The van der Waals surface area contributed by atoms with Gasteiger partial charge in [-0.15, -0.1) is 0 Å². The predicted octanol–water partition coefficient (Wildman–Crippen LogP) is -0.722. The lowest BCUT2D eigenvalue weighted by atomic mass is 10.2. The molecule has 6 nitrogen and oxygen atoms in total. The van der Waals surface area contributed by atoms with Crippen LogP contribution < -0.4 is 11.2 Å². The number of nitrogens with one attached hydrogen (secondary N) is 1. The number of halogens is 1. The number of alkyl halides is 1. The zero-order chi connectivity index (χ0) is 11.9. The summed E-state index contributed by atoms with van der Waals surface area (Å²) >= 11 is 0. The number of ether oxygens (including phenoxy) is 1. The van der Waals surface area contributed by atoms with E-state index in [1.807, 2.05) is 4.98 Å². The van der Waals surface area contributed by atoms with Gasteiger partial charge in [-0.2, -0.15) is 0 Å². The van der Waals surface area contributed by atoms with Gasteiger partial charge in [0, 0.05) is 12.3 Å². The molecule has 1 aliphatic rings. The molecule has 1 fully saturated rings. The predicted molar refractivity (Wildman–Crippen MR) is 51.5 cm³/mol. The zero-order valence-corrected chi connectivity index (χ0v) is 8.09. The van der Waals surface area contributed by atoms with Crippen molar-refractivity contribution >= 4 is 0 Å². The molecule has 0 spiro atoms. The van der Waals surface area contributed by atoms with Crippen molar-refractivity contribution in [2.75, 3.05) is 0 Å². The van der Waals surface area contributed by atoms with Crippen LogP contribution in [0.3, 0.4) is 0 Å². The van der Waals surface area contributed by atoms with Crippen LogP contribution in [0.15, 0.2) is 34.2 Å². The van der Waals surface area contributed by atoms with E-state index in [0.717, 1.165) is 16.8 Å². The second kappa shape index (κ2) is 3.60. The van der Waals surface area contributed by atoms with Gasteiger partial charge in [-0.3, -0.25) is 14.3 Å². The monoisotopic (exact) mass is 228 g/mol. The molecule has 0 bridgehead atoms. The minimum absolute atomic E-state index is 0.143. The van der Waals surface area contributed by atoms with E-state index in [1.54, 1.807) is 0 Å². The first kappa shape index (κ1) is 10.6. The molecule has 2 heterocycles. The Morgan fingerprint density at radius 1 is 1.56 bits per heavy atom. The molecule has 0 amide bonds. The quantitative estimate of drug-likeness (QED) is 0.664. The molecule has 86 valence electrons. The van der Waals surface area contributed by atoms with Crippen molar-refractivity contribution in [1.29, 1.82) is 0 Å². The summed E-state index contributed by atoms with van der Waals surface area (Å²) in [5.74, 6) is -0.143. The summed E-state index contributed by atoms with van der Waals surface area (Å²) in [5.41, 5.74) is -1.39. The van der Waals surface area contributed by atoms with Crippen LogP contribution in [-0.4, -0.2) is 26.9 Å². The molecule has 1 saturated heterocycles. The molecule has 3 atom stereocenters. The molecule has 0 saturated carbocycles. The van der Waals surface area contributed by atoms with Gasteiger partial charge in [-0.05, 0) is 0 Å². The first-order valence-corrected chi connectivity index (χ1v) is 4.50. The number of aromatic amines is 1. The Morgan fingerprint density at radius 3 is 2.75 bits per heavy atom. The second-order valence-corrected chi connectivity index (χ2v) is 3.38. The number of nitrogens with zero attached hydrogens (tertiary/aromatic N) is 1. The second-order valence-electron chi connectivity index (χ2n) is 3.38. The summed E-state index contributed by atoms with van der Waals surface area (Å²) in [6, 6.07) is 1.06. The highest BCUT2D eigenvalue weighted by Crippen LogP contribution is 2.31.